The summed E-state index contributed by atoms with van der Waals surface area (Å²) in [6, 6.07) is 11.5. The minimum atomic E-state index is -0.770. The van der Waals surface area contributed by atoms with Crippen LogP contribution in [0.1, 0.15) is 30.9 Å². The molecular weight excluding hydrogens is 456 g/mol. The van der Waals surface area contributed by atoms with E-state index in [1.807, 2.05) is 37.3 Å². The van der Waals surface area contributed by atoms with E-state index in [0.717, 1.165) is 17.7 Å². The summed E-state index contributed by atoms with van der Waals surface area (Å²) in [5, 5.41) is 5.88. The Balaban J connectivity index is 1.61. The summed E-state index contributed by atoms with van der Waals surface area (Å²) in [5.41, 5.74) is 1.09. The van der Waals surface area contributed by atoms with Gasteiger partial charge < -0.3 is 15.1 Å². The highest BCUT2D eigenvalue weighted by Crippen LogP contribution is 2.29. The van der Waals surface area contributed by atoms with E-state index in [1.54, 1.807) is 12.1 Å². The van der Waals surface area contributed by atoms with Gasteiger partial charge in [-0.15, -0.1) is 0 Å². The largest absolute Gasteiger partial charge is 0.334 e. The first-order chi connectivity index (χ1) is 16.8. The number of benzene rings is 2. The molecule has 0 radical (unpaired) electrons. The molecule has 2 fully saturated rings. The molecule has 186 valence electrons. The molecule has 1 N–H and O–H groups in total. The van der Waals surface area contributed by atoms with Gasteiger partial charge in [-0.3, -0.25) is 9.59 Å². The number of hydrogen-bond donors (Lipinski definition) is 1. The lowest BCUT2D eigenvalue weighted by molar-refractivity contribution is -0.188. The predicted molar refractivity (Wildman–Crippen MR) is 124 cm³/mol. The Morgan fingerprint density at radius 3 is 2.54 bits per heavy atom. The molecule has 2 aromatic rings. The van der Waals surface area contributed by atoms with Crippen molar-refractivity contribution < 1.29 is 23.2 Å². The fourth-order valence-electron chi connectivity index (χ4n) is 4.71. The van der Waals surface area contributed by atoms with Gasteiger partial charge in [0.1, 0.15) is 23.8 Å². The Labute approximate surface area is 203 Å². The molecule has 0 saturated carbocycles. The Hall–Kier alpha value is -3.53. The monoisotopic (exact) mass is 485 g/mol. The van der Waals surface area contributed by atoms with Gasteiger partial charge in [-0.25, -0.2) is 23.6 Å². The summed E-state index contributed by atoms with van der Waals surface area (Å²) in [6.07, 6.45) is 0.295. The topological polar surface area (TPSA) is 76.2 Å². The number of hydrogen-bond acceptors (Lipinski definition) is 4. The van der Waals surface area contributed by atoms with Crippen LogP contribution in [0, 0.1) is 11.6 Å². The minimum absolute atomic E-state index is 0.00466. The molecule has 2 heterocycles. The summed E-state index contributed by atoms with van der Waals surface area (Å²) >= 11 is 0. The summed E-state index contributed by atoms with van der Waals surface area (Å²) < 4.78 is 27.8. The van der Waals surface area contributed by atoms with Crippen molar-refractivity contribution in [2.45, 2.75) is 45.1 Å². The number of hydrazine groups is 1. The van der Waals surface area contributed by atoms with Gasteiger partial charge in [-0.2, -0.15) is 0 Å². The van der Waals surface area contributed by atoms with Crippen LogP contribution in [0.15, 0.2) is 48.5 Å². The van der Waals surface area contributed by atoms with Crippen LogP contribution >= 0.6 is 0 Å². The van der Waals surface area contributed by atoms with Gasteiger partial charge in [-0.05, 0) is 18.1 Å². The van der Waals surface area contributed by atoms with E-state index in [0.29, 0.717) is 19.4 Å². The van der Waals surface area contributed by atoms with Crippen LogP contribution < -0.4 is 5.32 Å². The molecule has 4 rings (SSSR count). The quantitative estimate of drug-likeness (QED) is 0.683. The molecule has 2 atom stereocenters. The van der Waals surface area contributed by atoms with Gasteiger partial charge in [0.05, 0.1) is 13.1 Å². The average Bonchev–Trinajstić information content (AvgIpc) is 2.82. The van der Waals surface area contributed by atoms with Crippen molar-refractivity contribution in [3.05, 3.63) is 71.3 Å². The van der Waals surface area contributed by atoms with Crippen LogP contribution in [0.2, 0.25) is 0 Å². The number of halogens is 2. The zero-order chi connectivity index (χ0) is 25.1. The summed E-state index contributed by atoms with van der Waals surface area (Å²) in [5.74, 6) is -2.01. The molecule has 0 spiro atoms. The maximum atomic E-state index is 14.4. The first-order valence-electron chi connectivity index (χ1n) is 11.7. The third kappa shape index (κ3) is 5.12. The van der Waals surface area contributed by atoms with Crippen LogP contribution in [0.25, 0.3) is 0 Å². The lowest BCUT2D eigenvalue weighted by Crippen LogP contribution is -2.75. The van der Waals surface area contributed by atoms with Crippen LogP contribution in [0.3, 0.4) is 0 Å². The Morgan fingerprint density at radius 1 is 1.11 bits per heavy atom. The van der Waals surface area contributed by atoms with Crippen molar-refractivity contribution in [1.29, 1.82) is 0 Å². The highest BCUT2D eigenvalue weighted by atomic mass is 19.1. The van der Waals surface area contributed by atoms with Crippen LogP contribution in [0.5, 0.6) is 0 Å². The first kappa shape index (κ1) is 24.6. The summed E-state index contributed by atoms with van der Waals surface area (Å²) in [7, 11) is 1.65. The Bertz CT molecular complexity index is 1100. The van der Waals surface area contributed by atoms with Crippen LogP contribution in [-0.4, -0.2) is 70.0 Å². The lowest BCUT2D eigenvalue weighted by atomic mass is 10.0. The van der Waals surface area contributed by atoms with Crippen molar-refractivity contribution in [3.8, 4) is 0 Å². The highest BCUT2D eigenvalue weighted by Gasteiger charge is 2.50. The molecule has 8 nitrogen and oxygen atoms in total. The second-order valence-electron chi connectivity index (χ2n) is 8.85. The third-order valence-electron chi connectivity index (χ3n) is 6.37. The van der Waals surface area contributed by atoms with E-state index in [9.17, 15) is 23.2 Å². The minimum Gasteiger partial charge on any atom is -0.333 e. The molecular formula is C25H29F2N5O3. The zero-order valence-electron chi connectivity index (χ0n) is 19.8. The number of piperazine rings is 1. The van der Waals surface area contributed by atoms with E-state index < -0.39 is 29.9 Å². The van der Waals surface area contributed by atoms with Crippen LogP contribution in [0.4, 0.5) is 13.6 Å². The van der Waals surface area contributed by atoms with E-state index in [1.165, 1.54) is 20.9 Å². The molecule has 2 aliphatic heterocycles. The van der Waals surface area contributed by atoms with Gasteiger partial charge in [0.15, 0.2) is 0 Å². The first-order valence-corrected chi connectivity index (χ1v) is 11.7. The van der Waals surface area contributed by atoms with Crippen molar-refractivity contribution in [2.24, 2.45) is 0 Å². The molecule has 0 bridgehead atoms. The maximum absolute atomic E-state index is 14.4. The number of fused-ring (bicyclic) bond motifs is 1. The Morgan fingerprint density at radius 2 is 1.86 bits per heavy atom. The van der Waals surface area contributed by atoms with Crippen LogP contribution in [-0.2, 0) is 22.7 Å². The standard InChI is InChI=1S/C25H29F2N5O3/c1-3-7-21-24(34)30(14-18-10-11-19(26)12-20(18)27)15-22-31(21)23(33)16-29(2)32(22)25(35)28-13-17-8-5-4-6-9-17/h4-6,8-12,21-22H,3,7,13-16H2,1-2H3,(H,28,35). The highest BCUT2D eigenvalue weighted by molar-refractivity contribution is 5.91. The molecule has 2 aromatic carbocycles. The molecule has 2 unspecified atom stereocenters. The Kier molecular flexibility index (Phi) is 7.30. The number of carbonyl (C=O) groups is 3. The number of amides is 4. The maximum Gasteiger partial charge on any atom is 0.334 e. The lowest BCUT2D eigenvalue weighted by Gasteiger charge is -2.54. The zero-order valence-corrected chi connectivity index (χ0v) is 19.8. The average molecular weight is 486 g/mol. The van der Waals surface area contributed by atoms with Crippen molar-refractivity contribution in [2.75, 3.05) is 20.1 Å². The summed E-state index contributed by atoms with van der Waals surface area (Å²) in [6.45, 7) is 2.07. The fraction of sp³-hybridized carbons (Fsp3) is 0.400. The predicted octanol–water partition coefficient (Wildman–Crippen LogP) is 2.70. The van der Waals surface area contributed by atoms with E-state index in [2.05, 4.69) is 5.32 Å². The summed E-state index contributed by atoms with van der Waals surface area (Å²) in [4.78, 5) is 42.6. The number of urea groups is 1. The molecule has 35 heavy (non-hydrogen) atoms. The molecule has 2 saturated heterocycles. The second kappa shape index (κ2) is 10.4. The van der Waals surface area contributed by atoms with Gasteiger partial charge in [0.2, 0.25) is 11.8 Å². The SMILES string of the molecule is CCCC1C(=O)N(Cc2ccc(F)cc2F)CC2N1C(=O)CN(C)N2C(=O)NCc1ccccc1. The fourth-order valence-corrected chi connectivity index (χ4v) is 4.71. The van der Waals surface area contributed by atoms with E-state index in [-0.39, 0.29) is 37.0 Å². The molecule has 0 aromatic heterocycles. The number of carbonyl (C=O) groups excluding carboxylic acids is 3. The third-order valence-corrected chi connectivity index (χ3v) is 6.37. The molecule has 2 aliphatic rings. The van der Waals surface area contributed by atoms with E-state index in [4.69, 9.17) is 0 Å². The van der Waals surface area contributed by atoms with Gasteiger partial charge in [-0.1, -0.05) is 49.7 Å². The molecule has 4 amide bonds. The number of nitrogens with one attached hydrogen (secondary N) is 1. The van der Waals surface area contributed by atoms with Gasteiger partial charge in [0.25, 0.3) is 0 Å². The number of likely N-dealkylation sites (N-methyl/N-ethyl adjacent to an activating group) is 1. The number of rotatable bonds is 6. The van der Waals surface area contributed by atoms with Gasteiger partial charge in [0, 0.05) is 31.8 Å². The molecule has 10 heteroatoms. The van der Waals surface area contributed by atoms with Crippen molar-refractivity contribution in [1.82, 2.24) is 25.1 Å². The molecule has 0 aliphatic carbocycles. The van der Waals surface area contributed by atoms with Crippen molar-refractivity contribution >= 4 is 17.8 Å². The normalized spacial score (nSPS) is 20.7. The van der Waals surface area contributed by atoms with E-state index >= 15 is 0 Å². The van der Waals surface area contributed by atoms with Crippen molar-refractivity contribution in [3.63, 3.8) is 0 Å². The number of nitrogens with zero attached hydrogens (tertiary/aromatic N) is 4. The second-order valence-corrected chi connectivity index (χ2v) is 8.85. The smallest absolute Gasteiger partial charge is 0.333 e. The van der Waals surface area contributed by atoms with Gasteiger partial charge >= 0.3 is 6.03 Å².